The molecule has 0 saturated carbocycles. The second-order valence-electron chi connectivity index (χ2n) is 8.72. The molecule has 0 saturated heterocycles. The fourth-order valence-corrected chi connectivity index (χ4v) is 5.30. The van der Waals surface area contributed by atoms with E-state index in [-0.39, 0.29) is 18.9 Å². The maximum absolute atomic E-state index is 13.9. The molecule has 2 amide bonds. The highest BCUT2D eigenvalue weighted by molar-refractivity contribution is 9.10. The van der Waals surface area contributed by atoms with Crippen LogP contribution in [0.3, 0.4) is 0 Å². The first kappa shape index (κ1) is 28.4. The van der Waals surface area contributed by atoms with Crippen LogP contribution in [0.25, 0.3) is 0 Å². The van der Waals surface area contributed by atoms with Crippen molar-refractivity contribution in [3.63, 3.8) is 0 Å². The highest BCUT2D eigenvalue weighted by Gasteiger charge is 2.33. The summed E-state index contributed by atoms with van der Waals surface area (Å²) in [7, 11) is -2.26. The summed E-state index contributed by atoms with van der Waals surface area (Å²) in [6, 6.07) is 23.2. The van der Waals surface area contributed by atoms with Crippen molar-refractivity contribution in [3.05, 3.63) is 100 Å². The Balaban J connectivity index is 2.04. The molecule has 7 nitrogen and oxygen atoms in total. The molecule has 0 aliphatic carbocycles. The number of sulfonamides is 1. The summed E-state index contributed by atoms with van der Waals surface area (Å²) in [4.78, 5) is 28.5. The molecule has 196 valence electrons. The van der Waals surface area contributed by atoms with Crippen LogP contribution in [0.2, 0.25) is 0 Å². The highest BCUT2D eigenvalue weighted by atomic mass is 79.9. The number of anilines is 1. The van der Waals surface area contributed by atoms with Gasteiger partial charge >= 0.3 is 0 Å². The van der Waals surface area contributed by atoms with Crippen LogP contribution in [-0.4, -0.2) is 51.0 Å². The largest absolute Gasteiger partial charge is 0.357 e. The Labute approximate surface area is 227 Å². The third-order valence-corrected chi connectivity index (χ3v) is 7.76. The quantitative estimate of drug-likeness (QED) is 0.366. The molecule has 0 aliphatic rings. The molecule has 0 heterocycles. The summed E-state index contributed by atoms with van der Waals surface area (Å²) in [6.07, 6.45) is 1.98. The SMILES string of the molecule is CCc1ccccc1N(CC(=O)N(Cc1ccc(Br)cc1)[C@H](Cc1ccccc1)C(=O)NC)S(C)(=O)=O. The summed E-state index contributed by atoms with van der Waals surface area (Å²) in [6.45, 7) is 1.65. The topological polar surface area (TPSA) is 86.8 Å². The number of benzene rings is 3. The molecule has 0 spiro atoms. The van der Waals surface area contributed by atoms with Crippen LogP contribution in [0.4, 0.5) is 5.69 Å². The van der Waals surface area contributed by atoms with Crippen LogP contribution in [-0.2, 0) is 39.0 Å². The summed E-state index contributed by atoms with van der Waals surface area (Å²) >= 11 is 3.42. The standard InChI is InChI=1S/C28H32BrN3O4S/c1-4-23-12-8-9-13-25(23)32(37(3,35)36)20-27(33)31(19-22-14-16-24(29)17-15-22)26(28(34)30-2)18-21-10-6-5-7-11-21/h5-17,26H,4,18-20H2,1-3H3,(H,30,34)/t26-/m1/s1. The molecule has 0 aromatic heterocycles. The van der Waals surface area contributed by atoms with E-state index in [9.17, 15) is 18.0 Å². The normalized spacial score (nSPS) is 12.0. The fraction of sp³-hybridized carbons (Fsp3) is 0.286. The average Bonchev–Trinajstić information content (AvgIpc) is 2.89. The van der Waals surface area contributed by atoms with E-state index >= 15 is 0 Å². The van der Waals surface area contributed by atoms with Gasteiger partial charge in [0.1, 0.15) is 12.6 Å². The molecule has 3 rings (SSSR count). The lowest BCUT2D eigenvalue weighted by Crippen LogP contribution is -2.53. The highest BCUT2D eigenvalue weighted by Crippen LogP contribution is 2.25. The lowest BCUT2D eigenvalue weighted by atomic mass is 10.0. The number of carbonyl (C=O) groups excluding carboxylic acids is 2. The number of hydrogen-bond acceptors (Lipinski definition) is 4. The van der Waals surface area contributed by atoms with Gasteiger partial charge in [0, 0.05) is 24.5 Å². The van der Waals surface area contributed by atoms with E-state index < -0.39 is 28.5 Å². The average molecular weight is 587 g/mol. The van der Waals surface area contributed by atoms with Gasteiger partial charge < -0.3 is 10.2 Å². The first-order valence-corrected chi connectivity index (χ1v) is 14.6. The molecule has 0 radical (unpaired) electrons. The number of para-hydroxylation sites is 1. The van der Waals surface area contributed by atoms with Gasteiger partial charge in [0.25, 0.3) is 0 Å². The Kier molecular flexibility index (Phi) is 9.88. The van der Waals surface area contributed by atoms with E-state index in [0.29, 0.717) is 12.1 Å². The van der Waals surface area contributed by atoms with E-state index in [1.54, 1.807) is 12.1 Å². The Bertz CT molecular complexity index is 1310. The fourth-order valence-electron chi connectivity index (χ4n) is 4.15. The Morgan fingerprint density at radius 1 is 0.919 bits per heavy atom. The van der Waals surface area contributed by atoms with Crippen molar-refractivity contribution in [1.29, 1.82) is 0 Å². The Hall–Kier alpha value is -3.17. The first-order chi connectivity index (χ1) is 17.6. The zero-order chi connectivity index (χ0) is 27.0. The number of nitrogens with one attached hydrogen (secondary N) is 1. The van der Waals surface area contributed by atoms with Gasteiger partial charge in [0.15, 0.2) is 0 Å². The maximum atomic E-state index is 13.9. The number of halogens is 1. The maximum Gasteiger partial charge on any atom is 0.244 e. The van der Waals surface area contributed by atoms with Gasteiger partial charge in [-0.25, -0.2) is 8.42 Å². The van der Waals surface area contributed by atoms with E-state index in [4.69, 9.17) is 0 Å². The number of hydrogen-bond donors (Lipinski definition) is 1. The van der Waals surface area contributed by atoms with Crippen molar-refractivity contribution in [2.75, 3.05) is 24.2 Å². The number of nitrogens with zero attached hydrogens (tertiary/aromatic N) is 2. The zero-order valence-electron chi connectivity index (χ0n) is 21.2. The second-order valence-corrected chi connectivity index (χ2v) is 11.5. The van der Waals surface area contributed by atoms with Crippen LogP contribution in [0.1, 0.15) is 23.6 Å². The molecule has 37 heavy (non-hydrogen) atoms. The van der Waals surface area contributed by atoms with Gasteiger partial charge in [-0.1, -0.05) is 83.5 Å². The number of rotatable bonds is 11. The van der Waals surface area contributed by atoms with Gasteiger partial charge in [-0.3, -0.25) is 13.9 Å². The van der Waals surface area contributed by atoms with Crippen LogP contribution in [0, 0.1) is 0 Å². The number of likely N-dealkylation sites (N-methyl/N-ethyl adjacent to an activating group) is 1. The smallest absolute Gasteiger partial charge is 0.244 e. The predicted molar refractivity (Wildman–Crippen MR) is 151 cm³/mol. The lowest BCUT2D eigenvalue weighted by Gasteiger charge is -2.33. The molecule has 0 aliphatic heterocycles. The first-order valence-electron chi connectivity index (χ1n) is 12.0. The molecule has 3 aromatic rings. The lowest BCUT2D eigenvalue weighted by molar-refractivity contribution is -0.139. The third-order valence-electron chi connectivity index (χ3n) is 6.10. The summed E-state index contributed by atoms with van der Waals surface area (Å²) in [5.41, 5.74) is 2.98. The molecule has 1 N–H and O–H groups in total. The van der Waals surface area contributed by atoms with Crippen molar-refractivity contribution in [1.82, 2.24) is 10.2 Å². The van der Waals surface area contributed by atoms with Gasteiger partial charge in [0.05, 0.1) is 11.9 Å². The molecule has 9 heteroatoms. The summed E-state index contributed by atoms with van der Waals surface area (Å²) in [5.74, 6) is -0.794. The van der Waals surface area contributed by atoms with Gasteiger partial charge in [-0.05, 0) is 41.3 Å². The molecule has 3 aromatic carbocycles. The number of carbonyl (C=O) groups is 2. The minimum absolute atomic E-state index is 0.143. The van der Waals surface area contributed by atoms with E-state index in [0.717, 1.165) is 31.7 Å². The summed E-state index contributed by atoms with van der Waals surface area (Å²) < 4.78 is 27.8. The number of amides is 2. The molecular formula is C28H32BrN3O4S. The molecule has 0 fully saturated rings. The molecule has 0 unspecified atom stereocenters. The van der Waals surface area contributed by atoms with Gasteiger partial charge in [0.2, 0.25) is 21.8 Å². The van der Waals surface area contributed by atoms with E-state index in [2.05, 4.69) is 21.2 Å². The van der Waals surface area contributed by atoms with Crippen molar-refractivity contribution >= 4 is 43.5 Å². The predicted octanol–water partition coefficient (Wildman–Crippen LogP) is 4.16. The number of aryl methyl sites for hydroxylation is 1. The van der Waals surface area contributed by atoms with Gasteiger partial charge in [-0.15, -0.1) is 0 Å². The Morgan fingerprint density at radius 2 is 1.54 bits per heavy atom. The second kappa shape index (κ2) is 12.9. The minimum atomic E-state index is -3.79. The minimum Gasteiger partial charge on any atom is -0.357 e. The van der Waals surface area contributed by atoms with Crippen molar-refractivity contribution < 1.29 is 18.0 Å². The van der Waals surface area contributed by atoms with Crippen LogP contribution in [0.5, 0.6) is 0 Å². The van der Waals surface area contributed by atoms with Crippen LogP contribution < -0.4 is 9.62 Å². The molecular weight excluding hydrogens is 554 g/mol. The van der Waals surface area contributed by atoms with Crippen LogP contribution >= 0.6 is 15.9 Å². The van der Waals surface area contributed by atoms with Crippen molar-refractivity contribution in [2.24, 2.45) is 0 Å². The van der Waals surface area contributed by atoms with Crippen molar-refractivity contribution in [2.45, 2.75) is 32.4 Å². The summed E-state index contributed by atoms with van der Waals surface area (Å²) in [5, 5.41) is 2.68. The van der Waals surface area contributed by atoms with Crippen molar-refractivity contribution in [3.8, 4) is 0 Å². The Morgan fingerprint density at radius 3 is 2.14 bits per heavy atom. The van der Waals surface area contributed by atoms with Crippen LogP contribution in [0.15, 0.2) is 83.3 Å². The third kappa shape index (κ3) is 7.66. The monoisotopic (exact) mass is 585 g/mol. The van der Waals surface area contributed by atoms with Gasteiger partial charge in [-0.2, -0.15) is 0 Å². The van der Waals surface area contributed by atoms with E-state index in [1.165, 1.54) is 11.9 Å². The zero-order valence-corrected chi connectivity index (χ0v) is 23.6. The molecule has 1 atom stereocenters. The van der Waals surface area contributed by atoms with E-state index in [1.807, 2.05) is 73.7 Å². The molecule has 0 bridgehead atoms.